The van der Waals surface area contributed by atoms with E-state index in [-0.39, 0.29) is 18.1 Å². The molecule has 4 nitrogen and oxygen atoms in total. The van der Waals surface area contributed by atoms with E-state index in [0.717, 1.165) is 17.7 Å². The predicted octanol–water partition coefficient (Wildman–Crippen LogP) is 6.83. The second-order valence-corrected chi connectivity index (χ2v) is 9.52. The van der Waals surface area contributed by atoms with Gasteiger partial charge < -0.3 is 5.32 Å². The molecule has 3 atom stereocenters. The number of hydrogen-bond donors (Lipinski definition) is 1. The molecule has 0 bridgehead atoms. The summed E-state index contributed by atoms with van der Waals surface area (Å²) in [7, 11) is 0. The van der Waals surface area contributed by atoms with Crippen LogP contribution in [0.2, 0.25) is 5.02 Å². The first-order valence-corrected chi connectivity index (χ1v) is 12.1. The number of carbonyl (C=O) groups excluding carboxylic acids is 2. The Balaban J connectivity index is 1.59. The molecule has 5 rings (SSSR count). The Kier molecular flexibility index (Phi) is 6.54. The minimum absolute atomic E-state index is 0.0289. The van der Waals surface area contributed by atoms with Gasteiger partial charge in [0, 0.05) is 34.3 Å². The fourth-order valence-electron chi connectivity index (χ4n) is 5.24. The molecule has 36 heavy (non-hydrogen) atoms. The number of rotatable bonds is 4. The zero-order chi connectivity index (χ0) is 25.4. The maximum absolute atomic E-state index is 14.3. The summed E-state index contributed by atoms with van der Waals surface area (Å²) in [5, 5.41) is 2.80. The Morgan fingerprint density at radius 1 is 0.944 bits per heavy atom. The number of aliphatic imine (C=N–C) groups is 1. The van der Waals surface area contributed by atoms with Crippen LogP contribution in [-0.2, 0) is 9.59 Å². The molecular weight excluding hydrogens is 482 g/mol. The fourth-order valence-corrected chi connectivity index (χ4v) is 5.50. The highest BCUT2D eigenvalue weighted by atomic mass is 35.5. The molecule has 1 N–H and O–H groups in total. The maximum Gasteiger partial charge on any atom is 0.234 e. The number of anilines is 1. The number of benzene rings is 3. The summed E-state index contributed by atoms with van der Waals surface area (Å²) in [5.41, 5.74) is 2.64. The van der Waals surface area contributed by atoms with Crippen LogP contribution >= 0.6 is 11.6 Å². The number of para-hydroxylation sites is 1. The van der Waals surface area contributed by atoms with E-state index in [0.29, 0.717) is 34.0 Å². The van der Waals surface area contributed by atoms with Crippen LogP contribution < -0.4 is 5.32 Å². The third-order valence-corrected chi connectivity index (χ3v) is 7.24. The molecular formula is C29H23ClF2N2O2. The van der Waals surface area contributed by atoms with Crippen LogP contribution in [-0.4, -0.2) is 17.4 Å². The van der Waals surface area contributed by atoms with Crippen molar-refractivity contribution < 1.29 is 18.4 Å². The number of nitrogens with one attached hydrogen (secondary N) is 1. The van der Waals surface area contributed by atoms with Crippen LogP contribution in [0.1, 0.15) is 42.7 Å². The quantitative estimate of drug-likeness (QED) is 0.423. The van der Waals surface area contributed by atoms with Crippen molar-refractivity contribution >= 4 is 34.7 Å². The van der Waals surface area contributed by atoms with Gasteiger partial charge in [-0.15, -0.1) is 0 Å². The zero-order valence-electron chi connectivity index (χ0n) is 19.5. The lowest BCUT2D eigenvalue weighted by atomic mass is 9.69. The maximum atomic E-state index is 14.3. The topological polar surface area (TPSA) is 58.5 Å². The van der Waals surface area contributed by atoms with Gasteiger partial charge in [0.15, 0.2) is 5.78 Å². The molecule has 1 amide bonds. The van der Waals surface area contributed by atoms with Crippen LogP contribution in [0.5, 0.6) is 0 Å². The molecule has 1 unspecified atom stereocenters. The largest absolute Gasteiger partial charge is 0.321 e. The van der Waals surface area contributed by atoms with Crippen molar-refractivity contribution in [2.45, 2.75) is 31.6 Å². The van der Waals surface area contributed by atoms with Gasteiger partial charge in [-0.1, -0.05) is 66.2 Å². The average molecular weight is 505 g/mol. The van der Waals surface area contributed by atoms with Gasteiger partial charge >= 0.3 is 0 Å². The second-order valence-electron chi connectivity index (χ2n) is 9.12. The Morgan fingerprint density at radius 2 is 1.61 bits per heavy atom. The Morgan fingerprint density at radius 3 is 2.31 bits per heavy atom. The van der Waals surface area contributed by atoms with E-state index in [1.807, 2.05) is 30.3 Å². The third kappa shape index (κ3) is 4.37. The Bertz CT molecular complexity index is 1400. The first kappa shape index (κ1) is 24.1. The molecule has 1 heterocycles. The number of carbonyl (C=O) groups is 2. The van der Waals surface area contributed by atoms with Gasteiger partial charge in [0.25, 0.3) is 0 Å². The summed E-state index contributed by atoms with van der Waals surface area (Å²) >= 11 is 6.56. The van der Waals surface area contributed by atoms with Gasteiger partial charge in [-0.25, -0.2) is 8.78 Å². The van der Waals surface area contributed by atoms with Crippen LogP contribution in [0.4, 0.5) is 14.5 Å². The summed E-state index contributed by atoms with van der Waals surface area (Å²) in [6, 6.07) is 20.2. The first-order valence-electron chi connectivity index (χ1n) is 11.7. The van der Waals surface area contributed by atoms with E-state index in [9.17, 15) is 18.4 Å². The molecule has 182 valence electrons. The Hall–Kier alpha value is -3.64. The van der Waals surface area contributed by atoms with Crippen LogP contribution in [0.3, 0.4) is 0 Å². The number of Topliss-reactive ketones (excluding diaryl/α,β-unsaturated/α-hetero) is 1. The van der Waals surface area contributed by atoms with Crippen molar-refractivity contribution in [3.63, 3.8) is 0 Å². The summed E-state index contributed by atoms with van der Waals surface area (Å²) in [6.45, 7) is 1.70. The smallest absolute Gasteiger partial charge is 0.234 e. The molecule has 3 aromatic rings. The lowest BCUT2D eigenvalue weighted by molar-refractivity contribution is -0.119. The molecule has 3 aromatic carbocycles. The van der Waals surface area contributed by atoms with Crippen LogP contribution in [0.15, 0.2) is 89.1 Å². The highest BCUT2D eigenvalue weighted by Gasteiger charge is 2.44. The monoisotopic (exact) mass is 504 g/mol. The molecule has 2 aliphatic rings. The molecule has 0 saturated heterocycles. The fraction of sp³-hybridized carbons (Fsp3) is 0.207. The zero-order valence-corrected chi connectivity index (χ0v) is 20.2. The van der Waals surface area contributed by atoms with Crippen molar-refractivity contribution in [2.75, 3.05) is 5.32 Å². The van der Waals surface area contributed by atoms with Gasteiger partial charge in [-0.05, 0) is 48.6 Å². The summed E-state index contributed by atoms with van der Waals surface area (Å²) in [6.07, 6.45) is 0.814. The molecule has 0 spiro atoms. The van der Waals surface area contributed by atoms with E-state index in [2.05, 4.69) is 5.32 Å². The minimum atomic E-state index is -0.972. The molecule has 1 aliphatic heterocycles. The van der Waals surface area contributed by atoms with Crippen molar-refractivity contribution in [3.05, 3.63) is 112 Å². The highest BCUT2D eigenvalue weighted by Crippen LogP contribution is 2.48. The van der Waals surface area contributed by atoms with Crippen LogP contribution in [0.25, 0.3) is 0 Å². The van der Waals surface area contributed by atoms with Gasteiger partial charge in [0.2, 0.25) is 5.91 Å². The summed E-state index contributed by atoms with van der Waals surface area (Å²) in [5.74, 6) is -4.27. The van der Waals surface area contributed by atoms with Crippen molar-refractivity contribution in [1.82, 2.24) is 0 Å². The van der Waals surface area contributed by atoms with E-state index in [4.69, 9.17) is 16.6 Å². The molecule has 0 radical (unpaired) electrons. The summed E-state index contributed by atoms with van der Waals surface area (Å²) in [4.78, 5) is 31.9. The molecule has 7 heteroatoms. The van der Waals surface area contributed by atoms with Gasteiger partial charge in [0.1, 0.15) is 17.3 Å². The van der Waals surface area contributed by atoms with Crippen molar-refractivity contribution in [2.24, 2.45) is 10.9 Å². The van der Waals surface area contributed by atoms with Gasteiger partial charge in [-0.2, -0.15) is 0 Å². The number of halogens is 3. The van der Waals surface area contributed by atoms with E-state index in [1.54, 1.807) is 31.2 Å². The number of allylic oxidation sites excluding steroid dienone is 2. The molecule has 0 saturated carbocycles. The normalized spacial score (nSPS) is 21.6. The van der Waals surface area contributed by atoms with E-state index >= 15 is 0 Å². The lowest BCUT2D eigenvalue weighted by Crippen LogP contribution is -2.40. The van der Waals surface area contributed by atoms with E-state index < -0.39 is 35.1 Å². The number of amides is 1. The third-order valence-electron chi connectivity index (χ3n) is 6.89. The van der Waals surface area contributed by atoms with Gasteiger partial charge in [-0.3, -0.25) is 14.6 Å². The van der Waals surface area contributed by atoms with Crippen molar-refractivity contribution in [3.8, 4) is 0 Å². The minimum Gasteiger partial charge on any atom is -0.321 e. The Labute approximate surface area is 212 Å². The highest BCUT2D eigenvalue weighted by molar-refractivity contribution is 6.31. The van der Waals surface area contributed by atoms with E-state index in [1.165, 1.54) is 6.07 Å². The SMILES string of the molecule is CC1=NC2=C(C(=O)C[C@@H](c3ccccc3)C2)[C@H](c2ccccc2Cl)C1C(=O)Nc1c(F)cccc1F. The molecule has 0 fully saturated rings. The number of hydrogen-bond acceptors (Lipinski definition) is 3. The molecule has 1 aliphatic carbocycles. The standard InChI is InChI=1S/C29H23ClF2N2O2/c1-16-25(29(36)34-28-21(31)12-7-13-22(28)32)26(19-10-5-6-11-20(19)30)27-23(33-16)14-18(15-24(27)35)17-8-3-2-4-9-17/h2-13,18,25-26H,14-15H2,1H3,(H,34,36)/t18-,25?,26+/m0/s1. The predicted molar refractivity (Wildman–Crippen MR) is 136 cm³/mol. The summed E-state index contributed by atoms with van der Waals surface area (Å²) < 4.78 is 28.6. The second kappa shape index (κ2) is 9.78. The average Bonchev–Trinajstić information content (AvgIpc) is 2.86. The molecule has 0 aromatic heterocycles. The van der Waals surface area contributed by atoms with Gasteiger partial charge in [0.05, 0.1) is 5.92 Å². The number of ketones is 1. The first-order chi connectivity index (χ1) is 17.3. The van der Waals surface area contributed by atoms with Crippen molar-refractivity contribution in [1.29, 1.82) is 0 Å². The van der Waals surface area contributed by atoms with Crippen LogP contribution in [0, 0.1) is 17.6 Å². The number of nitrogens with zero attached hydrogens (tertiary/aromatic N) is 1. The lowest BCUT2D eigenvalue weighted by Gasteiger charge is -2.37.